The third-order valence-electron chi connectivity index (χ3n) is 4.84. The van der Waals surface area contributed by atoms with Crippen LogP contribution in [0.3, 0.4) is 0 Å². The van der Waals surface area contributed by atoms with Crippen LogP contribution in [0.1, 0.15) is 49.4 Å². The quantitative estimate of drug-likeness (QED) is 0.600. The van der Waals surface area contributed by atoms with Gasteiger partial charge in [0, 0.05) is 16.2 Å². The SMILES string of the molecule is CCOc1ccc(Br)cc1C(=O)Nc1ccc(S(=O)(=O)NC2CCCCC2)cc1. The van der Waals surface area contributed by atoms with Crippen molar-refractivity contribution in [3.8, 4) is 5.75 Å². The molecule has 0 bridgehead atoms. The van der Waals surface area contributed by atoms with Gasteiger partial charge in [0.2, 0.25) is 10.0 Å². The highest BCUT2D eigenvalue weighted by Gasteiger charge is 2.22. The van der Waals surface area contributed by atoms with Crippen LogP contribution in [-0.2, 0) is 10.0 Å². The number of hydrogen-bond acceptors (Lipinski definition) is 4. The van der Waals surface area contributed by atoms with Crippen molar-refractivity contribution in [2.75, 3.05) is 11.9 Å². The smallest absolute Gasteiger partial charge is 0.259 e. The van der Waals surface area contributed by atoms with Crippen molar-refractivity contribution in [3.05, 3.63) is 52.5 Å². The van der Waals surface area contributed by atoms with Gasteiger partial charge in [0.05, 0.1) is 17.1 Å². The zero-order valence-corrected chi connectivity index (χ0v) is 18.7. The van der Waals surface area contributed by atoms with Gasteiger partial charge in [-0.25, -0.2) is 13.1 Å². The number of hydrogen-bond donors (Lipinski definition) is 2. The van der Waals surface area contributed by atoms with E-state index in [1.807, 2.05) is 6.92 Å². The highest BCUT2D eigenvalue weighted by molar-refractivity contribution is 9.10. The van der Waals surface area contributed by atoms with Crippen molar-refractivity contribution < 1.29 is 17.9 Å². The maximum atomic E-state index is 12.7. The van der Waals surface area contributed by atoms with Crippen LogP contribution in [0, 0.1) is 0 Å². The number of carbonyl (C=O) groups is 1. The summed E-state index contributed by atoms with van der Waals surface area (Å²) in [7, 11) is -3.57. The molecule has 1 amide bonds. The number of carbonyl (C=O) groups excluding carboxylic acids is 1. The number of halogens is 1. The van der Waals surface area contributed by atoms with Crippen LogP contribution in [-0.4, -0.2) is 27.0 Å². The van der Waals surface area contributed by atoms with E-state index in [0.717, 1.165) is 36.6 Å². The van der Waals surface area contributed by atoms with Gasteiger partial charge in [-0.3, -0.25) is 4.79 Å². The van der Waals surface area contributed by atoms with Crippen molar-refractivity contribution in [1.29, 1.82) is 0 Å². The number of benzene rings is 2. The summed E-state index contributed by atoms with van der Waals surface area (Å²) < 4.78 is 34.2. The Balaban J connectivity index is 1.70. The Morgan fingerprint density at radius 1 is 1.10 bits per heavy atom. The van der Waals surface area contributed by atoms with Gasteiger partial charge < -0.3 is 10.1 Å². The summed E-state index contributed by atoms with van der Waals surface area (Å²) in [5.74, 6) is 0.162. The summed E-state index contributed by atoms with van der Waals surface area (Å²) in [6.07, 6.45) is 5.02. The molecule has 29 heavy (non-hydrogen) atoms. The Morgan fingerprint density at radius 2 is 1.79 bits per heavy atom. The number of ether oxygens (including phenoxy) is 1. The number of rotatable bonds is 7. The molecule has 8 heteroatoms. The highest BCUT2D eigenvalue weighted by atomic mass is 79.9. The highest BCUT2D eigenvalue weighted by Crippen LogP contribution is 2.25. The molecule has 3 rings (SSSR count). The Morgan fingerprint density at radius 3 is 2.45 bits per heavy atom. The number of amides is 1. The number of sulfonamides is 1. The van der Waals surface area contributed by atoms with Crippen LogP contribution < -0.4 is 14.8 Å². The normalized spacial score (nSPS) is 15.1. The fourth-order valence-electron chi connectivity index (χ4n) is 3.38. The lowest BCUT2D eigenvalue weighted by Crippen LogP contribution is -2.36. The van der Waals surface area contributed by atoms with Crippen LogP contribution >= 0.6 is 15.9 Å². The lowest BCUT2D eigenvalue weighted by Gasteiger charge is -2.22. The molecule has 0 unspecified atom stereocenters. The van der Waals surface area contributed by atoms with E-state index in [4.69, 9.17) is 4.74 Å². The molecule has 1 fully saturated rings. The van der Waals surface area contributed by atoms with E-state index < -0.39 is 10.0 Å². The first-order valence-corrected chi connectivity index (χ1v) is 12.0. The molecule has 0 spiro atoms. The summed E-state index contributed by atoms with van der Waals surface area (Å²) in [6, 6.07) is 11.4. The minimum absolute atomic E-state index is 0.00152. The fourth-order valence-corrected chi connectivity index (χ4v) is 5.05. The van der Waals surface area contributed by atoms with Crippen LogP contribution in [0.15, 0.2) is 51.8 Å². The predicted molar refractivity (Wildman–Crippen MR) is 117 cm³/mol. The summed E-state index contributed by atoms with van der Waals surface area (Å²) in [5.41, 5.74) is 0.908. The maximum absolute atomic E-state index is 12.7. The summed E-state index contributed by atoms with van der Waals surface area (Å²) >= 11 is 3.36. The molecule has 1 saturated carbocycles. The lowest BCUT2D eigenvalue weighted by atomic mass is 9.96. The topological polar surface area (TPSA) is 84.5 Å². The monoisotopic (exact) mass is 480 g/mol. The largest absolute Gasteiger partial charge is 0.493 e. The lowest BCUT2D eigenvalue weighted by molar-refractivity contribution is 0.102. The fraction of sp³-hybridized carbons (Fsp3) is 0.381. The van der Waals surface area contributed by atoms with Crippen molar-refractivity contribution in [2.24, 2.45) is 0 Å². The molecule has 0 heterocycles. The second kappa shape index (κ2) is 9.73. The van der Waals surface area contributed by atoms with Gasteiger partial charge in [-0.1, -0.05) is 35.2 Å². The number of anilines is 1. The van der Waals surface area contributed by atoms with Gasteiger partial charge in [-0.05, 0) is 62.2 Å². The third-order valence-corrected chi connectivity index (χ3v) is 6.87. The molecule has 1 aliphatic carbocycles. The minimum atomic E-state index is -3.57. The van der Waals surface area contributed by atoms with Gasteiger partial charge in [-0.2, -0.15) is 0 Å². The molecule has 0 aliphatic heterocycles. The van der Waals surface area contributed by atoms with Gasteiger partial charge >= 0.3 is 0 Å². The zero-order valence-electron chi connectivity index (χ0n) is 16.3. The molecule has 0 atom stereocenters. The van der Waals surface area contributed by atoms with Crippen LogP contribution in [0.2, 0.25) is 0 Å². The minimum Gasteiger partial charge on any atom is -0.493 e. The van der Waals surface area contributed by atoms with Crippen LogP contribution in [0.25, 0.3) is 0 Å². The Labute approximate surface area is 180 Å². The van der Waals surface area contributed by atoms with Crippen LogP contribution in [0.4, 0.5) is 5.69 Å². The molecule has 2 aromatic rings. The summed E-state index contributed by atoms with van der Waals surface area (Å²) in [4.78, 5) is 12.9. The average molecular weight is 481 g/mol. The van der Waals surface area contributed by atoms with E-state index in [1.165, 1.54) is 12.1 Å². The molecule has 0 aromatic heterocycles. The van der Waals surface area contributed by atoms with E-state index in [2.05, 4.69) is 26.0 Å². The Kier molecular flexibility index (Phi) is 7.32. The third kappa shape index (κ3) is 5.81. The second-order valence-corrected chi connectivity index (χ2v) is 9.64. The second-order valence-electron chi connectivity index (χ2n) is 7.01. The van der Waals surface area contributed by atoms with Gasteiger partial charge in [0.25, 0.3) is 5.91 Å². The van der Waals surface area contributed by atoms with E-state index >= 15 is 0 Å². The van der Waals surface area contributed by atoms with Crippen LogP contribution in [0.5, 0.6) is 5.75 Å². The Hall–Kier alpha value is -1.90. The first-order chi connectivity index (χ1) is 13.9. The van der Waals surface area contributed by atoms with Gasteiger partial charge in [0.15, 0.2) is 0 Å². The predicted octanol–water partition coefficient (Wildman–Crippen LogP) is 4.71. The molecule has 1 aliphatic rings. The van der Waals surface area contributed by atoms with Crippen molar-refractivity contribution in [1.82, 2.24) is 4.72 Å². The molecular formula is C21H25BrN2O4S. The van der Waals surface area contributed by atoms with Crippen molar-refractivity contribution in [3.63, 3.8) is 0 Å². The van der Waals surface area contributed by atoms with Gasteiger partial charge in [0.1, 0.15) is 5.75 Å². The summed E-state index contributed by atoms with van der Waals surface area (Å²) in [5, 5.41) is 2.79. The van der Waals surface area contributed by atoms with Crippen molar-refractivity contribution >= 4 is 37.5 Å². The average Bonchev–Trinajstić information content (AvgIpc) is 2.70. The molecule has 156 valence electrons. The number of nitrogens with one attached hydrogen (secondary N) is 2. The first kappa shape index (κ1) is 21.8. The molecular weight excluding hydrogens is 456 g/mol. The van der Waals surface area contributed by atoms with E-state index in [0.29, 0.717) is 23.6 Å². The standard InChI is InChI=1S/C21H25BrN2O4S/c1-2-28-20-13-8-15(22)14-19(20)21(25)23-16-9-11-18(12-10-16)29(26,27)24-17-6-4-3-5-7-17/h8-14,17,24H,2-7H2,1H3,(H,23,25). The molecule has 2 aromatic carbocycles. The molecule has 0 saturated heterocycles. The molecule has 2 N–H and O–H groups in total. The summed E-state index contributed by atoms with van der Waals surface area (Å²) in [6.45, 7) is 2.30. The van der Waals surface area contributed by atoms with Crippen molar-refractivity contribution in [2.45, 2.75) is 50.0 Å². The maximum Gasteiger partial charge on any atom is 0.259 e. The van der Waals surface area contributed by atoms with Gasteiger partial charge in [-0.15, -0.1) is 0 Å². The van der Waals surface area contributed by atoms with E-state index in [9.17, 15) is 13.2 Å². The van der Waals surface area contributed by atoms with E-state index in [-0.39, 0.29) is 16.8 Å². The molecule has 0 radical (unpaired) electrons. The van der Waals surface area contributed by atoms with E-state index in [1.54, 1.807) is 30.3 Å². The molecule has 6 nitrogen and oxygen atoms in total. The first-order valence-electron chi connectivity index (χ1n) is 9.75. The Bertz CT molecular complexity index is 955. The zero-order chi connectivity index (χ0) is 20.9.